The Bertz CT molecular complexity index is 798. The molecule has 136 valence electrons. The minimum atomic E-state index is -0.319. The Morgan fingerprint density at radius 3 is 2.65 bits per heavy atom. The van der Waals surface area contributed by atoms with Crippen LogP contribution in [0.25, 0.3) is 0 Å². The molecular weight excluding hydrogens is 334 g/mol. The third kappa shape index (κ3) is 3.14. The number of amides is 2. The Morgan fingerprint density at radius 1 is 1.19 bits per heavy atom. The molecule has 26 heavy (non-hydrogen) atoms. The number of carbonyl (C=O) groups is 2. The standard InChI is InChI=1S/C18H21N5O3/c1-13-10-16(20-26-13)23-12-14(11-17(23)24)18(25)22-8-6-21(7-9-22)15-4-2-3-5-19-15/h2-5,10,14H,6-9,11-12H2,1H3. The van der Waals surface area contributed by atoms with Crippen LogP contribution in [0.3, 0.4) is 0 Å². The van der Waals surface area contributed by atoms with Crippen LogP contribution in [-0.2, 0) is 9.59 Å². The van der Waals surface area contributed by atoms with Gasteiger partial charge in [-0.3, -0.25) is 14.5 Å². The van der Waals surface area contributed by atoms with Gasteiger partial charge < -0.3 is 14.3 Å². The van der Waals surface area contributed by atoms with Gasteiger partial charge >= 0.3 is 0 Å². The van der Waals surface area contributed by atoms with Crippen molar-refractivity contribution in [2.24, 2.45) is 5.92 Å². The van der Waals surface area contributed by atoms with Crippen LogP contribution in [0.5, 0.6) is 0 Å². The van der Waals surface area contributed by atoms with E-state index >= 15 is 0 Å². The number of pyridine rings is 1. The van der Waals surface area contributed by atoms with Crippen LogP contribution in [0.2, 0.25) is 0 Å². The van der Waals surface area contributed by atoms with Gasteiger partial charge in [0.05, 0.1) is 5.92 Å². The molecular formula is C18H21N5O3. The van der Waals surface area contributed by atoms with E-state index in [1.54, 1.807) is 24.1 Å². The van der Waals surface area contributed by atoms with Crippen molar-refractivity contribution in [2.45, 2.75) is 13.3 Å². The summed E-state index contributed by atoms with van der Waals surface area (Å²) in [5.41, 5.74) is 0. The van der Waals surface area contributed by atoms with Gasteiger partial charge in [-0.15, -0.1) is 0 Å². The lowest BCUT2D eigenvalue weighted by Gasteiger charge is -2.36. The van der Waals surface area contributed by atoms with Gasteiger partial charge in [0, 0.05) is 51.4 Å². The number of anilines is 2. The molecule has 0 N–H and O–H groups in total. The van der Waals surface area contributed by atoms with Crippen molar-refractivity contribution in [3.05, 3.63) is 36.2 Å². The van der Waals surface area contributed by atoms with Crippen molar-refractivity contribution < 1.29 is 14.1 Å². The molecule has 2 aromatic heterocycles. The topological polar surface area (TPSA) is 82.8 Å². The van der Waals surface area contributed by atoms with Gasteiger partial charge in [-0.1, -0.05) is 11.2 Å². The van der Waals surface area contributed by atoms with E-state index in [1.165, 1.54) is 0 Å². The molecule has 2 saturated heterocycles. The first-order valence-electron chi connectivity index (χ1n) is 8.80. The van der Waals surface area contributed by atoms with Crippen LogP contribution in [0.15, 0.2) is 35.0 Å². The van der Waals surface area contributed by atoms with E-state index < -0.39 is 0 Å². The summed E-state index contributed by atoms with van der Waals surface area (Å²) in [4.78, 5) is 35.1. The molecule has 2 aliphatic rings. The molecule has 0 spiro atoms. The predicted molar refractivity (Wildman–Crippen MR) is 94.7 cm³/mol. The quantitative estimate of drug-likeness (QED) is 0.819. The first-order valence-corrected chi connectivity index (χ1v) is 8.80. The van der Waals surface area contributed by atoms with Crippen molar-refractivity contribution in [1.29, 1.82) is 0 Å². The highest BCUT2D eigenvalue weighted by molar-refractivity contribution is 5.99. The van der Waals surface area contributed by atoms with Crippen LogP contribution in [-0.4, -0.2) is 59.6 Å². The predicted octanol–water partition coefficient (Wildman–Crippen LogP) is 1.08. The van der Waals surface area contributed by atoms with Gasteiger partial charge in [-0.2, -0.15) is 0 Å². The molecule has 0 aliphatic carbocycles. The molecule has 2 fully saturated rings. The Morgan fingerprint density at radius 2 is 2.00 bits per heavy atom. The second kappa shape index (κ2) is 6.78. The highest BCUT2D eigenvalue weighted by Crippen LogP contribution is 2.26. The molecule has 4 rings (SSSR count). The Labute approximate surface area is 151 Å². The second-order valence-electron chi connectivity index (χ2n) is 6.70. The summed E-state index contributed by atoms with van der Waals surface area (Å²) in [6.07, 6.45) is 2.00. The molecule has 2 amide bonds. The summed E-state index contributed by atoms with van der Waals surface area (Å²) in [5.74, 6) is 1.71. The lowest BCUT2D eigenvalue weighted by molar-refractivity contribution is -0.136. The number of hydrogen-bond acceptors (Lipinski definition) is 6. The van der Waals surface area contributed by atoms with Gasteiger partial charge in [0.15, 0.2) is 5.82 Å². The third-order valence-corrected chi connectivity index (χ3v) is 4.93. The molecule has 0 saturated carbocycles. The van der Waals surface area contributed by atoms with E-state index in [9.17, 15) is 9.59 Å². The smallest absolute Gasteiger partial charge is 0.229 e. The number of aryl methyl sites for hydroxylation is 1. The maximum atomic E-state index is 12.8. The fourth-order valence-corrected chi connectivity index (χ4v) is 3.53. The lowest BCUT2D eigenvalue weighted by atomic mass is 10.1. The van der Waals surface area contributed by atoms with Gasteiger partial charge in [-0.25, -0.2) is 4.98 Å². The number of hydrogen-bond donors (Lipinski definition) is 0. The lowest BCUT2D eigenvalue weighted by Crippen LogP contribution is -2.51. The summed E-state index contributed by atoms with van der Waals surface area (Å²) in [7, 11) is 0. The maximum Gasteiger partial charge on any atom is 0.229 e. The Hall–Kier alpha value is -2.90. The van der Waals surface area contributed by atoms with Crippen molar-refractivity contribution in [2.75, 3.05) is 42.5 Å². The zero-order valence-corrected chi connectivity index (χ0v) is 14.7. The molecule has 2 aliphatic heterocycles. The van der Waals surface area contributed by atoms with Crippen LogP contribution in [0, 0.1) is 12.8 Å². The molecule has 4 heterocycles. The van der Waals surface area contributed by atoms with E-state index in [1.807, 2.05) is 23.1 Å². The van der Waals surface area contributed by atoms with E-state index in [2.05, 4.69) is 15.0 Å². The Kier molecular flexibility index (Phi) is 4.32. The van der Waals surface area contributed by atoms with Crippen molar-refractivity contribution in [3.63, 3.8) is 0 Å². The van der Waals surface area contributed by atoms with Crippen LogP contribution >= 0.6 is 0 Å². The highest BCUT2D eigenvalue weighted by atomic mass is 16.5. The number of aromatic nitrogens is 2. The minimum absolute atomic E-state index is 0.0433. The number of nitrogens with zero attached hydrogens (tertiary/aromatic N) is 5. The summed E-state index contributed by atoms with van der Waals surface area (Å²) >= 11 is 0. The van der Waals surface area contributed by atoms with Gasteiger partial charge in [0.2, 0.25) is 11.8 Å². The second-order valence-corrected chi connectivity index (χ2v) is 6.70. The normalized spacial score (nSPS) is 20.7. The average molecular weight is 355 g/mol. The Balaban J connectivity index is 1.36. The molecule has 8 nitrogen and oxygen atoms in total. The largest absolute Gasteiger partial charge is 0.360 e. The SMILES string of the molecule is Cc1cc(N2CC(C(=O)N3CCN(c4ccccn4)CC3)CC2=O)no1. The zero-order valence-electron chi connectivity index (χ0n) is 14.7. The summed E-state index contributed by atoms with van der Waals surface area (Å²) in [5, 5.41) is 3.89. The fraction of sp³-hybridized carbons (Fsp3) is 0.444. The van der Waals surface area contributed by atoms with Gasteiger partial charge in [0.1, 0.15) is 11.6 Å². The molecule has 0 radical (unpaired) electrons. The van der Waals surface area contributed by atoms with Crippen molar-refractivity contribution >= 4 is 23.5 Å². The fourth-order valence-electron chi connectivity index (χ4n) is 3.53. The van der Waals surface area contributed by atoms with E-state index in [0.717, 1.165) is 18.9 Å². The molecule has 1 atom stereocenters. The minimum Gasteiger partial charge on any atom is -0.360 e. The van der Waals surface area contributed by atoms with E-state index in [4.69, 9.17) is 4.52 Å². The third-order valence-electron chi connectivity index (χ3n) is 4.93. The van der Waals surface area contributed by atoms with Crippen LogP contribution in [0.1, 0.15) is 12.2 Å². The maximum absolute atomic E-state index is 12.8. The zero-order chi connectivity index (χ0) is 18.1. The molecule has 0 bridgehead atoms. The van der Waals surface area contributed by atoms with Gasteiger partial charge in [0.25, 0.3) is 0 Å². The first kappa shape index (κ1) is 16.6. The number of carbonyl (C=O) groups excluding carboxylic acids is 2. The molecule has 1 unspecified atom stereocenters. The molecule has 2 aromatic rings. The number of piperazine rings is 1. The summed E-state index contributed by atoms with van der Waals surface area (Å²) < 4.78 is 5.04. The van der Waals surface area contributed by atoms with Gasteiger partial charge in [-0.05, 0) is 19.1 Å². The highest BCUT2D eigenvalue weighted by Gasteiger charge is 2.39. The van der Waals surface area contributed by atoms with Crippen LogP contribution in [0.4, 0.5) is 11.6 Å². The monoisotopic (exact) mass is 355 g/mol. The average Bonchev–Trinajstić information content (AvgIpc) is 3.27. The number of rotatable bonds is 3. The molecule has 0 aromatic carbocycles. The van der Waals surface area contributed by atoms with E-state index in [0.29, 0.717) is 31.2 Å². The summed E-state index contributed by atoms with van der Waals surface area (Å²) in [6, 6.07) is 7.55. The first-order chi connectivity index (χ1) is 12.6. The van der Waals surface area contributed by atoms with Crippen molar-refractivity contribution in [3.8, 4) is 0 Å². The summed E-state index contributed by atoms with van der Waals surface area (Å²) in [6.45, 7) is 4.92. The van der Waals surface area contributed by atoms with Crippen molar-refractivity contribution in [1.82, 2.24) is 15.0 Å². The molecule has 8 heteroatoms. The van der Waals surface area contributed by atoms with E-state index in [-0.39, 0.29) is 24.2 Å². The van der Waals surface area contributed by atoms with Crippen LogP contribution < -0.4 is 9.80 Å².